The molecule has 106 valence electrons. The fourth-order valence-corrected chi connectivity index (χ4v) is 2.76. The average molecular weight is 277 g/mol. The second-order valence-corrected chi connectivity index (χ2v) is 5.30. The van der Waals surface area contributed by atoms with Gasteiger partial charge in [-0.15, -0.1) is 12.4 Å². The molecular weight excluding hydrogens is 252 g/mol. The van der Waals surface area contributed by atoms with Crippen LogP contribution in [0.25, 0.3) is 0 Å². The van der Waals surface area contributed by atoms with Gasteiger partial charge in [-0.25, -0.2) is 0 Å². The number of carbonyl (C=O) groups excluding carboxylic acids is 1. The van der Waals surface area contributed by atoms with Crippen LogP contribution in [-0.4, -0.2) is 50.2 Å². The van der Waals surface area contributed by atoms with E-state index in [-0.39, 0.29) is 24.4 Å². The van der Waals surface area contributed by atoms with Crippen LogP contribution in [0.3, 0.4) is 0 Å². The molecule has 0 bridgehead atoms. The lowest BCUT2D eigenvalue weighted by Crippen LogP contribution is -2.48. The van der Waals surface area contributed by atoms with Gasteiger partial charge in [0.1, 0.15) is 0 Å². The quantitative estimate of drug-likeness (QED) is 0.848. The molecule has 4 nitrogen and oxygen atoms in total. The molecule has 2 atom stereocenters. The largest absolute Gasteiger partial charge is 0.381 e. The molecule has 18 heavy (non-hydrogen) atoms. The van der Waals surface area contributed by atoms with Gasteiger partial charge in [0.25, 0.3) is 0 Å². The summed E-state index contributed by atoms with van der Waals surface area (Å²) in [6.07, 6.45) is 5.68. The number of carbonyl (C=O) groups is 1. The van der Waals surface area contributed by atoms with E-state index in [9.17, 15) is 4.79 Å². The number of nitrogens with one attached hydrogen (secondary N) is 1. The summed E-state index contributed by atoms with van der Waals surface area (Å²) in [6.45, 7) is 3.53. The fraction of sp³-hybridized carbons (Fsp3) is 0.923. The number of piperidine rings is 1. The van der Waals surface area contributed by atoms with Crippen LogP contribution in [0.4, 0.5) is 0 Å². The smallest absolute Gasteiger partial charge is 0.239 e. The average Bonchev–Trinajstić information content (AvgIpc) is 2.40. The van der Waals surface area contributed by atoms with E-state index < -0.39 is 0 Å². The van der Waals surface area contributed by atoms with E-state index >= 15 is 0 Å². The Morgan fingerprint density at radius 3 is 2.78 bits per heavy atom. The van der Waals surface area contributed by atoms with Crippen LogP contribution in [0.1, 0.15) is 32.1 Å². The molecule has 2 saturated heterocycles. The van der Waals surface area contributed by atoms with E-state index in [0.717, 1.165) is 39.1 Å². The number of amides is 1. The molecule has 2 heterocycles. The third kappa shape index (κ3) is 4.41. The second kappa shape index (κ2) is 7.97. The lowest BCUT2D eigenvalue weighted by atomic mass is 10.00. The summed E-state index contributed by atoms with van der Waals surface area (Å²) < 4.78 is 5.45. The Morgan fingerprint density at radius 2 is 2.17 bits per heavy atom. The van der Waals surface area contributed by atoms with Crippen LogP contribution in [0.5, 0.6) is 0 Å². The SMILES string of the molecule is CN(CC1CCCOC1)C(=O)[C@@H]1CCCCN1.Cl. The molecule has 0 spiro atoms. The number of likely N-dealkylation sites (N-methyl/N-ethyl adjacent to an activating group) is 1. The van der Waals surface area contributed by atoms with Gasteiger partial charge in [-0.05, 0) is 38.1 Å². The maximum atomic E-state index is 12.2. The monoisotopic (exact) mass is 276 g/mol. The molecular formula is C13H25ClN2O2. The number of rotatable bonds is 3. The Morgan fingerprint density at radius 1 is 1.33 bits per heavy atom. The minimum atomic E-state index is 0. The fourth-order valence-electron chi connectivity index (χ4n) is 2.76. The Bertz CT molecular complexity index is 251. The molecule has 0 aromatic rings. The zero-order chi connectivity index (χ0) is 12.1. The zero-order valence-electron chi connectivity index (χ0n) is 11.2. The Balaban J connectivity index is 0.00000162. The zero-order valence-corrected chi connectivity index (χ0v) is 12.0. The standard InChI is InChI=1S/C13H24N2O2.ClH/c1-15(9-11-5-4-8-17-10-11)13(16)12-6-2-3-7-14-12;/h11-12,14H,2-10H2,1H3;1H/t11?,12-;/m0./s1. The van der Waals surface area contributed by atoms with Gasteiger partial charge in [-0.3, -0.25) is 4.79 Å². The van der Waals surface area contributed by atoms with E-state index in [0.29, 0.717) is 5.92 Å². The highest BCUT2D eigenvalue weighted by molar-refractivity contribution is 5.85. The topological polar surface area (TPSA) is 41.6 Å². The summed E-state index contributed by atoms with van der Waals surface area (Å²) in [7, 11) is 1.92. The molecule has 1 N–H and O–H groups in total. The third-order valence-electron chi connectivity index (χ3n) is 3.77. The highest BCUT2D eigenvalue weighted by Gasteiger charge is 2.25. The molecule has 2 rings (SSSR count). The number of nitrogens with zero attached hydrogens (tertiary/aromatic N) is 1. The Kier molecular flexibility index (Phi) is 6.97. The van der Waals surface area contributed by atoms with Crippen LogP contribution in [0.2, 0.25) is 0 Å². The van der Waals surface area contributed by atoms with E-state index in [2.05, 4.69) is 5.32 Å². The molecule has 2 aliphatic rings. The van der Waals surface area contributed by atoms with Crippen molar-refractivity contribution in [3.63, 3.8) is 0 Å². The van der Waals surface area contributed by atoms with Crippen LogP contribution in [-0.2, 0) is 9.53 Å². The van der Waals surface area contributed by atoms with Gasteiger partial charge >= 0.3 is 0 Å². The molecule has 2 fully saturated rings. The molecule has 1 unspecified atom stereocenters. The first kappa shape index (κ1) is 15.7. The van der Waals surface area contributed by atoms with Crippen molar-refractivity contribution in [2.45, 2.75) is 38.1 Å². The molecule has 0 saturated carbocycles. The minimum absolute atomic E-state index is 0. The second-order valence-electron chi connectivity index (χ2n) is 5.30. The highest BCUT2D eigenvalue weighted by Crippen LogP contribution is 2.16. The van der Waals surface area contributed by atoms with Gasteiger partial charge in [-0.2, -0.15) is 0 Å². The molecule has 0 aromatic heterocycles. The van der Waals surface area contributed by atoms with Gasteiger partial charge in [0.2, 0.25) is 5.91 Å². The highest BCUT2D eigenvalue weighted by atomic mass is 35.5. The van der Waals surface area contributed by atoms with Crippen molar-refractivity contribution in [1.82, 2.24) is 10.2 Å². The summed E-state index contributed by atoms with van der Waals surface area (Å²) in [5.74, 6) is 0.788. The molecule has 0 aliphatic carbocycles. The van der Waals surface area contributed by atoms with Crippen LogP contribution < -0.4 is 5.32 Å². The van der Waals surface area contributed by atoms with Crippen molar-refractivity contribution in [3.8, 4) is 0 Å². The van der Waals surface area contributed by atoms with Crippen molar-refractivity contribution in [2.75, 3.05) is 33.4 Å². The summed E-state index contributed by atoms with van der Waals surface area (Å²) in [6, 6.07) is 0.0539. The van der Waals surface area contributed by atoms with Gasteiger partial charge in [-0.1, -0.05) is 6.42 Å². The van der Waals surface area contributed by atoms with Gasteiger partial charge in [0, 0.05) is 20.2 Å². The lowest BCUT2D eigenvalue weighted by molar-refractivity contribution is -0.133. The van der Waals surface area contributed by atoms with Crippen molar-refractivity contribution in [3.05, 3.63) is 0 Å². The molecule has 1 amide bonds. The summed E-state index contributed by atoms with van der Waals surface area (Å²) in [5, 5.41) is 3.31. The lowest BCUT2D eigenvalue weighted by Gasteiger charge is -2.31. The van der Waals surface area contributed by atoms with Crippen LogP contribution in [0, 0.1) is 5.92 Å². The van der Waals surface area contributed by atoms with Gasteiger partial charge in [0.05, 0.1) is 12.6 Å². The van der Waals surface area contributed by atoms with Crippen LogP contribution in [0.15, 0.2) is 0 Å². The molecule has 0 aromatic carbocycles. The first-order valence-corrected chi connectivity index (χ1v) is 6.83. The summed E-state index contributed by atoms with van der Waals surface area (Å²) in [4.78, 5) is 14.1. The van der Waals surface area contributed by atoms with Crippen molar-refractivity contribution >= 4 is 18.3 Å². The van der Waals surface area contributed by atoms with E-state index in [4.69, 9.17) is 4.74 Å². The van der Waals surface area contributed by atoms with Crippen molar-refractivity contribution in [1.29, 1.82) is 0 Å². The maximum Gasteiger partial charge on any atom is 0.239 e. The normalized spacial score (nSPS) is 28.3. The maximum absolute atomic E-state index is 12.2. The predicted octanol–water partition coefficient (Wildman–Crippen LogP) is 1.44. The first-order chi connectivity index (χ1) is 8.27. The Hall–Kier alpha value is -0.320. The van der Waals surface area contributed by atoms with Crippen molar-refractivity contribution < 1.29 is 9.53 Å². The van der Waals surface area contributed by atoms with Crippen molar-refractivity contribution in [2.24, 2.45) is 5.92 Å². The van der Waals surface area contributed by atoms with E-state index in [1.54, 1.807) is 0 Å². The number of halogens is 1. The number of ether oxygens (including phenoxy) is 1. The minimum Gasteiger partial charge on any atom is -0.381 e. The van der Waals surface area contributed by atoms with Crippen LogP contribution >= 0.6 is 12.4 Å². The van der Waals surface area contributed by atoms with Gasteiger partial charge in [0.15, 0.2) is 0 Å². The molecule has 2 aliphatic heterocycles. The van der Waals surface area contributed by atoms with Gasteiger partial charge < -0.3 is 15.0 Å². The Labute approximate surface area is 116 Å². The summed E-state index contributed by atoms with van der Waals surface area (Å²) in [5.41, 5.74) is 0. The first-order valence-electron chi connectivity index (χ1n) is 6.83. The number of hydrogen-bond donors (Lipinski definition) is 1. The predicted molar refractivity (Wildman–Crippen MR) is 74.1 cm³/mol. The van der Waals surface area contributed by atoms with E-state index in [1.807, 2.05) is 11.9 Å². The molecule has 0 radical (unpaired) electrons. The summed E-state index contributed by atoms with van der Waals surface area (Å²) >= 11 is 0. The number of hydrogen-bond acceptors (Lipinski definition) is 3. The molecule has 5 heteroatoms. The third-order valence-corrected chi connectivity index (χ3v) is 3.77. The van der Waals surface area contributed by atoms with E-state index in [1.165, 1.54) is 19.3 Å².